The number of aromatic nitrogens is 5. The molecule has 1 aliphatic carbocycles. The summed E-state index contributed by atoms with van der Waals surface area (Å²) in [5.74, 6) is 1.80. The van der Waals surface area contributed by atoms with Crippen LogP contribution in [0.1, 0.15) is 67.6 Å². The minimum atomic E-state index is -1.13. The van der Waals surface area contributed by atoms with E-state index in [4.69, 9.17) is 4.52 Å². The molecule has 2 atom stereocenters. The van der Waals surface area contributed by atoms with E-state index in [1.807, 2.05) is 24.6 Å². The first-order valence-corrected chi connectivity index (χ1v) is 9.10. The summed E-state index contributed by atoms with van der Waals surface area (Å²) < 4.78 is 19.5. The summed E-state index contributed by atoms with van der Waals surface area (Å²) in [5, 5.41) is 15.7. The Morgan fingerprint density at radius 2 is 2.18 bits per heavy atom. The quantitative estimate of drug-likeness (QED) is 0.840. The lowest BCUT2D eigenvalue weighted by Crippen LogP contribution is -2.20. The van der Waals surface area contributed by atoms with Gasteiger partial charge in [-0.2, -0.15) is 0 Å². The maximum Gasteiger partial charge on any atom is 0.166 e. The van der Waals surface area contributed by atoms with Crippen LogP contribution in [0.4, 0.5) is 0 Å². The molecule has 1 fully saturated rings. The Balaban J connectivity index is 1.73. The van der Waals surface area contributed by atoms with Crippen LogP contribution in [0, 0.1) is 6.92 Å². The minimum Gasteiger partial charge on any atom is -0.361 e. The molecule has 120 valence electrons. The van der Waals surface area contributed by atoms with E-state index in [2.05, 4.69) is 20.7 Å². The highest BCUT2D eigenvalue weighted by atomic mass is 32.2. The first-order valence-electron chi connectivity index (χ1n) is 7.72. The zero-order valence-corrected chi connectivity index (χ0v) is 13.8. The lowest BCUT2D eigenvalue weighted by Gasteiger charge is -2.23. The number of nitrogens with zero attached hydrogens (tertiary/aromatic N) is 5. The second kappa shape index (κ2) is 6.68. The Morgan fingerprint density at radius 3 is 2.86 bits per heavy atom. The Bertz CT molecular complexity index is 647. The molecule has 7 nitrogen and oxygen atoms in total. The average Bonchev–Trinajstić information content (AvgIpc) is 3.16. The highest BCUT2D eigenvalue weighted by Crippen LogP contribution is 2.30. The van der Waals surface area contributed by atoms with Gasteiger partial charge in [-0.05, 0) is 37.1 Å². The third-order valence-electron chi connectivity index (χ3n) is 4.16. The molecule has 22 heavy (non-hydrogen) atoms. The van der Waals surface area contributed by atoms with Crippen LogP contribution in [0.5, 0.6) is 0 Å². The molecule has 2 aromatic rings. The summed E-state index contributed by atoms with van der Waals surface area (Å²) in [5.41, 5.74) is 0.708. The van der Waals surface area contributed by atoms with E-state index in [0.29, 0.717) is 23.3 Å². The normalized spacial score (nSPS) is 19.2. The summed E-state index contributed by atoms with van der Waals surface area (Å²) in [6.45, 7) is 3.74. The van der Waals surface area contributed by atoms with Crippen LogP contribution in [0.25, 0.3) is 0 Å². The third kappa shape index (κ3) is 3.26. The molecule has 0 N–H and O–H groups in total. The molecule has 0 aromatic carbocycles. The highest BCUT2D eigenvalue weighted by molar-refractivity contribution is 7.84. The minimum absolute atomic E-state index is 0.228. The van der Waals surface area contributed by atoms with Gasteiger partial charge in [0.1, 0.15) is 5.76 Å². The van der Waals surface area contributed by atoms with Gasteiger partial charge in [-0.1, -0.05) is 24.4 Å². The third-order valence-corrected chi connectivity index (χ3v) is 5.74. The van der Waals surface area contributed by atoms with Gasteiger partial charge >= 0.3 is 0 Å². The molecule has 0 bridgehead atoms. The Hall–Kier alpha value is -1.57. The van der Waals surface area contributed by atoms with Gasteiger partial charge in [0, 0.05) is 16.9 Å². The van der Waals surface area contributed by atoms with Crippen molar-refractivity contribution in [2.45, 2.75) is 63.0 Å². The van der Waals surface area contributed by atoms with Gasteiger partial charge < -0.3 is 4.52 Å². The van der Waals surface area contributed by atoms with E-state index in [1.165, 1.54) is 19.3 Å². The number of hydrogen-bond donors (Lipinski definition) is 0. The SMILES string of the molecule is Cc1cc(C[S@@](=O)[C@@H](C)c2nnnn2C2CCCCC2)no1. The highest BCUT2D eigenvalue weighted by Gasteiger charge is 2.26. The molecule has 0 saturated heterocycles. The molecular weight excluding hydrogens is 302 g/mol. The van der Waals surface area contributed by atoms with Crippen LogP contribution in [-0.4, -0.2) is 29.6 Å². The van der Waals surface area contributed by atoms with Crippen LogP contribution in [0.2, 0.25) is 0 Å². The van der Waals surface area contributed by atoms with Crippen molar-refractivity contribution in [2.24, 2.45) is 0 Å². The van der Waals surface area contributed by atoms with Gasteiger partial charge in [0.25, 0.3) is 0 Å². The second-order valence-electron chi connectivity index (χ2n) is 5.87. The number of aryl methyl sites for hydroxylation is 1. The van der Waals surface area contributed by atoms with Gasteiger partial charge in [0.15, 0.2) is 5.82 Å². The molecule has 0 aliphatic heterocycles. The number of hydrogen-bond acceptors (Lipinski definition) is 6. The summed E-state index contributed by atoms with van der Waals surface area (Å²) in [4.78, 5) is 0. The van der Waals surface area contributed by atoms with Crippen LogP contribution < -0.4 is 0 Å². The summed E-state index contributed by atoms with van der Waals surface area (Å²) in [6.07, 6.45) is 5.89. The van der Waals surface area contributed by atoms with Gasteiger partial charge in [0.2, 0.25) is 0 Å². The summed E-state index contributed by atoms with van der Waals surface area (Å²) >= 11 is 0. The van der Waals surface area contributed by atoms with Crippen molar-refractivity contribution >= 4 is 10.8 Å². The first kappa shape index (κ1) is 15.3. The van der Waals surface area contributed by atoms with Crippen molar-refractivity contribution in [3.05, 3.63) is 23.3 Å². The predicted molar refractivity (Wildman–Crippen MR) is 81.4 cm³/mol. The number of rotatable bonds is 5. The summed E-state index contributed by atoms with van der Waals surface area (Å²) in [6, 6.07) is 2.15. The Kier molecular flexibility index (Phi) is 4.66. The molecule has 0 radical (unpaired) electrons. The maximum absolute atomic E-state index is 12.6. The van der Waals surface area contributed by atoms with Crippen LogP contribution in [0.15, 0.2) is 10.6 Å². The van der Waals surface area contributed by atoms with Crippen LogP contribution >= 0.6 is 0 Å². The van der Waals surface area contributed by atoms with Crippen molar-refractivity contribution < 1.29 is 8.73 Å². The van der Waals surface area contributed by atoms with Crippen molar-refractivity contribution in [1.82, 2.24) is 25.4 Å². The number of tetrazole rings is 1. The molecule has 2 heterocycles. The van der Waals surface area contributed by atoms with Gasteiger partial charge in [-0.15, -0.1) is 5.10 Å². The molecule has 0 amide bonds. The molecular formula is C14H21N5O2S. The zero-order chi connectivity index (χ0) is 15.5. The lowest BCUT2D eigenvalue weighted by atomic mass is 9.95. The van der Waals surface area contributed by atoms with E-state index < -0.39 is 10.8 Å². The molecule has 1 saturated carbocycles. The second-order valence-corrected chi connectivity index (χ2v) is 7.63. The fourth-order valence-electron chi connectivity index (χ4n) is 2.93. The molecule has 3 rings (SSSR count). The largest absolute Gasteiger partial charge is 0.361 e. The van der Waals surface area contributed by atoms with Crippen molar-refractivity contribution in [2.75, 3.05) is 0 Å². The molecule has 0 unspecified atom stereocenters. The lowest BCUT2D eigenvalue weighted by molar-refractivity contribution is 0.316. The van der Waals surface area contributed by atoms with E-state index in [-0.39, 0.29) is 5.25 Å². The van der Waals surface area contributed by atoms with Gasteiger partial charge in [-0.3, -0.25) is 4.21 Å². The van der Waals surface area contributed by atoms with Crippen molar-refractivity contribution in [1.29, 1.82) is 0 Å². The van der Waals surface area contributed by atoms with E-state index in [9.17, 15) is 4.21 Å². The Labute approximate surface area is 131 Å². The molecule has 1 aliphatic rings. The van der Waals surface area contributed by atoms with Crippen molar-refractivity contribution in [3.8, 4) is 0 Å². The molecule has 2 aromatic heterocycles. The van der Waals surface area contributed by atoms with Crippen LogP contribution in [0.3, 0.4) is 0 Å². The Morgan fingerprint density at radius 1 is 1.41 bits per heavy atom. The van der Waals surface area contributed by atoms with Crippen LogP contribution in [-0.2, 0) is 16.6 Å². The van der Waals surface area contributed by atoms with E-state index in [0.717, 1.165) is 18.6 Å². The van der Waals surface area contributed by atoms with Gasteiger partial charge in [0.05, 0.1) is 22.7 Å². The molecule has 0 spiro atoms. The summed E-state index contributed by atoms with van der Waals surface area (Å²) in [7, 11) is -1.13. The predicted octanol–water partition coefficient (Wildman–Crippen LogP) is 2.48. The van der Waals surface area contributed by atoms with Crippen molar-refractivity contribution in [3.63, 3.8) is 0 Å². The zero-order valence-electron chi connectivity index (χ0n) is 12.9. The topological polar surface area (TPSA) is 86.7 Å². The molecule has 8 heteroatoms. The standard InChI is InChI=1S/C14H21N5O2S/c1-10-8-12(16-21-10)9-22(20)11(2)14-15-17-18-19(14)13-6-4-3-5-7-13/h8,11,13H,3-7,9H2,1-2H3/t11-,22+/m0/s1. The van der Waals surface area contributed by atoms with E-state index >= 15 is 0 Å². The average molecular weight is 323 g/mol. The maximum atomic E-state index is 12.6. The first-order chi connectivity index (χ1) is 10.6. The smallest absolute Gasteiger partial charge is 0.166 e. The van der Waals surface area contributed by atoms with E-state index in [1.54, 1.807) is 0 Å². The van der Waals surface area contributed by atoms with Gasteiger partial charge in [-0.25, -0.2) is 4.68 Å². The fraction of sp³-hybridized carbons (Fsp3) is 0.714. The fourth-order valence-corrected chi connectivity index (χ4v) is 4.00. The monoisotopic (exact) mass is 323 g/mol.